The first-order valence-electron chi connectivity index (χ1n) is 5.26. The molecule has 0 aromatic heterocycles. The monoisotopic (exact) mass is 212 g/mol. The van der Waals surface area contributed by atoms with Crippen molar-refractivity contribution < 1.29 is 4.79 Å². The first kappa shape index (κ1) is 13.9. The van der Waals surface area contributed by atoms with E-state index in [9.17, 15) is 4.79 Å². The summed E-state index contributed by atoms with van der Waals surface area (Å²) in [7, 11) is 0. The Hall–Kier alpha value is -1.12. The second-order valence-corrected chi connectivity index (χ2v) is 3.49. The number of nitrogens with two attached hydrogens (primary N) is 1. The number of carbonyl (C=O) groups is 1. The van der Waals surface area contributed by atoms with Gasteiger partial charge >= 0.3 is 0 Å². The van der Waals surface area contributed by atoms with Crippen LogP contribution in [-0.2, 0) is 4.79 Å². The summed E-state index contributed by atoms with van der Waals surface area (Å²) in [4.78, 5) is 13.1. The van der Waals surface area contributed by atoms with Gasteiger partial charge in [-0.25, -0.2) is 5.84 Å². The van der Waals surface area contributed by atoms with E-state index >= 15 is 0 Å². The number of carbonyl (C=O) groups excluding carboxylic acids is 1. The van der Waals surface area contributed by atoms with Crippen LogP contribution in [0.5, 0.6) is 0 Å². The van der Waals surface area contributed by atoms with Crippen molar-refractivity contribution in [2.75, 3.05) is 13.1 Å². The smallest absolute Gasteiger partial charge is 0.233 e. The van der Waals surface area contributed by atoms with Crippen molar-refractivity contribution in [2.24, 2.45) is 5.84 Å². The average Bonchev–Trinajstić information content (AvgIpc) is 2.26. The molecule has 0 heterocycles. The zero-order valence-electron chi connectivity index (χ0n) is 9.49. The number of amides is 1. The summed E-state index contributed by atoms with van der Waals surface area (Å²) < 4.78 is 0. The van der Waals surface area contributed by atoms with Crippen molar-refractivity contribution in [3.8, 4) is 6.07 Å². The Morgan fingerprint density at radius 3 is 2.80 bits per heavy atom. The fourth-order valence-corrected chi connectivity index (χ4v) is 1.48. The van der Waals surface area contributed by atoms with Crippen LogP contribution in [0.4, 0.5) is 0 Å². The van der Waals surface area contributed by atoms with E-state index < -0.39 is 0 Å². The Kier molecular flexibility index (Phi) is 7.60. The van der Waals surface area contributed by atoms with Crippen LogP contribution < -0.4 is 11.3 Å². The standard InChI is InChI=1S/C10H20N4O/c1-3-14(8-4-7-11)9(2)5-6-10(15)13-12/h9H,3-6,8,12H2,1-2H3,(H,13,15). The van der Waals surface area contributed by atoms with Crippen LogP contribution in [0.1, 0.15) is 33.1 Å². The number of nitrogens with zero attached hydrogens (tertiary/aromatic N) is 2. The summed E-state index contributed by atoms with van der Waals surface area (Å²) in [6.45, 7) is 5.77. The summed E-state index contributed by atoms with van der Waals surface area (Å²) in [6.07, 6.45) is 1.73. The molecule has 1 amide bonds. The van der Waals surface area contributed by atoms with Crippen LogP contribution in [0.3, 0.4) is 0 Å². The molecule has 0 aromatic rings. The topological polar surface area (TPSA) is 82.2 Å². The molecule has 86 valence electrons. The fraction of sp³-hybridized carbons (Fsp3) is 0.800. The van der Waals surface area contributed by atoms with Crippen LogP contribution in [-0.4, -0.2) is 29.9 Å². The van der Waals surface area contributed by atoms with Gasteiger partial charge in [-0.1, -0.05) is 6.92 Å². The normalized spacial score (nSPS) is 12.2. The van der Waals surface area contributed by atoms with E-state index in [1.807, 2.05) is 0 Å². The molecule has 5 nitrogen and oxygen atoms in total. The number of nitrogens with one attached hydrogen (secondary N) is 1. The van der Waals surface area contributed by atoms with Crippen molar-refractivity contribution in [2.45, 2.75) is 39.2 Å². The lowest BCUT2D eigenvalue weighted by atomic mass is 10.1. The number of nitriles is 1. The van der Waals surface area contributed by atoms with Gasteiger partial charge in [0.15, 0.2) is 0 Å². The van der Waals surface area contributed by atoms with Gasteiger partial charge in [0.2, 0.25) is 5.91 Å². The second kappa shape index (κ2) is 8.21. The van der Waals surface area contributed by atoms with Crippen LogP contribution in [0.2, 0.25) is 0 Å². The molecule has 0 rings (SSSR count). The van der Waals surface area contributed by atoms with Gasteiger partial charge in [0, 0.05) is 25.4 Å². The van der Waals surface area contributed by atoms with Crippen LogP contribution in [0.25, 0.3) is 0 Å². The van der Waals surface area contributed by atoms with Gasteiger partial charge in [-0.2, -0.15) is 5.26 Å². The third-order valence-corrected chi connectivity index (χ3v) is 2.49. The van der Waals surface area contributed by atoms with E-state index in [2.05, 4.69) is 30.2 Å². The highest BCUT2D eigenvalue weighted by atomic mass is 16.2. The van der Waals surface area contributed by atoms with E-state index in [-0.39, 0.29) is 5.91 Å². The van der Waals surface area contributed by atoms with Crippen molar-refractivity contribution in [1.29, 1.82) is 5.26 Å². The lowest BCUT2D eigenvalue weighted by Crippen LogP contribution is -2.36. The van der Waals surface area contributed by atoms with Gasteiger partial charge in [0.1, 0.15) is 0 Å². The van der Waals surface area contributed by atoms with E-state index in [0.717, 1.165) is 19.5 Å². The average molecular weight is 212 g/mol. The molecule has 0 saturated carbocycles. The highest BCUT2D eigenvalue weighted by Gasteiger charge is 2.12. The van der Waals surface area contributed by atoms with Gasteiger partial charge in [0.05, 0.1) is 6.07 Å². The second-order valence-electron chi connectivity index (χ2n) is 3.49. The van der Waals surface area contributed by atoms with Crippen LogP contribution >= 0.6 is 0 Å². The molecule has 0 aromatic carbocycles. The Balaban J connectivity index is 3.88. The summed E-state index contributed by atoms with van der Waals surface area (Å²) in [6, 6.07) is 2.43. The summed E-state index contributed by atoms with van der Waals surface area (Å²) in [5.74, 6) is 4.85. The summed E-state index contributed by atoms with van der Waals surface area (Å²) in [5, 5.41) is 8.49. The van der Waals surface area contributed by atoms with E-state index in [1.54, 1.807) is 0 Å². The highest BCUT2D eigenvalue weighted by molar-refractivity contribution is 5.75. The number of rotatable bonds is 7. The summed E-state index contributed by atoms with van der Waals surface area (Å²) in [5.41, 5.74) is 2.11. The van der Waals surface area contributed by atoms with Crippen molar-refractivity contribution in [1.82, 2.24) is 10.3 Å². The van der Waals surface area contributed by atoms with Gasteiger partial charge in [-0.05, 0) is 19.9 Å². The van der Waals surface area contributed by atoms with Gasteiger partial charge in [0.25, 0.3) is 0 Å². The molecule has 0 bridgehead atoms. The van der Waals surface area contributed by atoms with Crippen LogP contribution in [0.15, 0.2) is 0 Å². The minimum absolute atomic E-state index is 0.141. The Morgan fingerprint density at radius 1 is 1.67 bits per heavy atom. The minimum Gasteiger partial charge on any atom is -0.300 e. The summed E-state index contributed by atoms with van der Waals surface area (Å²) >= 11 is 0. The van der Waals surface area contributed by atoms with E-state index in [4.69, 9.17) is 11.1 Å². The number of hydrogen-bond donors (Lipinski definition) is 2. The van der Waals surface area contributed by atoms with Gasteiger partial charge < -0.3 is 0 Å². The molecule has 15 heavy (non-hydrogen) atoms. The maximum atomic E-state index is 10.9. The zero-order valence-corrected chi connectivity index (χ0v) is 9.49. The molecular weight excluding hydrogens is 192 g/mol. The lowest BCUT2D eigenvalue weighted by Gasteiger charge is -2.26. The van der Waals surface area contributed by atoms with Crippen LogP contribution in [0, 0.1) is 11.3 Å². The predicted molar refractivity (Wildman–Crippen MR) is 58.5 cm³/mol. The van der Waals surface area contributed by atoms with Gasteiger partial charge in [-0.3, -0.25) is 15.1 Å². The number of hydrogen-bond acceptors (Lipinski definition) is 4. The molecule has 1 unspecified atom stereocenters. The van der Waals surface area contributed by atoms with Crippen molar-refractivity contribution >= 4 is 5.91 Å². The molecule has 5 heteroatoms. The SMILES string of the molecule is CCN(CCC#N)C(C)CCC(=O)NN. The first-order chi connectivity index (χ1) is 7.15. The maximum absolute atomic E-state index is 10.9. The number of hydrazine groups is 1. The molecule has 0 fully saturated rings. The van der Waals surface area contributed by atoms with Gasteiger partial charge in [-0.15, -0.1) is 0 Å². The van der Waals surface area contributed by atoms with Crippen molar-refractivity contribution in [3.05, 3.63) is 0 Å². The Bertz CT molecular complexity index is 224. The molecule has 0 radical (unpaired) electrons. The zero-order chi connectivity index (χ0) is 11.7. The Morgan fingerprint density at radius 2 is 2.33 bits per heavy atom. The van der Waals surface area contributed by atoms with E-state index in [0.29, 0.717) is 18.9 Å². The first-order valence-corrected chi connectivity index (χ1v) is 5.26. The maximum Gasteiger partial charge on any atom is 0.233 e. The molecule has 1 atom stereocenters. The fourth-order valence-electron chi connectivity index (χ4n) is 1.48. The highest BCUT2D eigenvalue weighted by Crippen LogP contribution is 2.06. The third kappa shape index (κ3) is 6.05. The minimum atomic E-state index is -0.141. The lowest BCUT2D eigenvalue weighted by molar-refractivity contribution is -0.121. The molecule has 3 N–H and O–H groups in total. The molecule has 0 spiro atoms. The quantitative estimate of drug-likeness (QED) is 0.363. The molecule has 0 saturated heterocycles. The third-order valence-electron chi connectivity index (χ3n) is 2.49. The largest absolute Gasteiger partial charge is 0.300 e. The van der Waals surface area contributed by atoms with E-state index in [1.165, 1.54) is 0 Å². The molecule has 0 aliphatic carbocycles. The molecule has 0 aliphatic rings. The predicted octanol–water partition coefficient (Wildman–Crippen LogP) is 0.381. The Labute approximate surface area is 91.2 Å². The van der Waals surface area contributed by atoms with Crippen molar-refractivity contribution in [3.63, 3.8) is 0 Å². The molecule has 0 aliphatic heterocycles. The molecular formula is C10H20N4O.